The Bertz CT molecular complexity index is 625. The van der Waals surface area contributed by atoms with Gasteiger partial charge in [-0.3, -0.25) is 0 Å². The van der Waals surface area contributed by atoms with E-state index in [4.69, 9.17) is 0 Å². The summed E-state index contributed by atoms with van der Waals surface area (Å²) in [7, 11) is 1.95. The van der Waals surface area contributed by atoms with Crippen molar-refractivity contribution < 1.29 is 13.2 Å². The molecule has 2 unspecified atom stereocenters. The van der Waals surface area contributed by atoms with Crippen LogP contribution in [0.15, 0.2) is 24.3 Å². The van der Waals surface area contributed by atoms with Crippen LogP contribution >= 0.6 is 0 Å². The van der Waals surface area contributed by atoms with Gasteiger partial charge in [0.1, 0.15) is 5.82 Å². The Labute approximate surface area is 121 Å². The van der Waals surface area contributed by atoms with Gasteiger partial charge in [-0.2, -0.15) is 13.2 Å². The third kappa shape index (κ3) is 2.90. The average molecular weight is 297 g/mol. The predicted octanol–water partition coefficient (Wildman–Crippen LogP) is 3.05. The van der Waals surface area contributed by atoms with Crippen LogP contribution in [0.3, 0.4) is 0 Å². The first kappa shape index (κ1) is 14.4. The van der Waals surface area contributed by atoms with Gasteiger partial charge in [-0.05, 0) is 25.0 Å². The first-order valence-corrected chi connectivity index (χ1v) is 7.15. The van der Waals surface area contributed by atoms with Crippen molar-refractivity contribution in [3.63, 3.8) is 0 Å². The molecule has 1 aromatic carbocycles. The molecule has 1 aliphatic heterocycles. The van der Waals surface area contributed by atoms with Crippen LogP contribution in [0.25, 0.3) is 11.0 Å². The van der Waals surface area contributed by atoms with Crippen LogP contribution in [0.1, 0.15) is 18.7 Å². The summed E-state index contributed by atoms with van der Waals surface area (Å²) in [6.45, 7) is 0.0120. The van der Waals surface area contributed by atoms with Gasteiger partial charge < -0.3 is 9.88 Å². The fraction of sp³-hybridized carbons (Fsp3) is 0.533. The van der Waals surface area contributed by atoms with Crippen LogP contribution < -0.4 is 5.32 Å². The van der Waals surface area contributed by atoms with Gasteiger partial charge >= 0.3 is 6.18 Å². The predicted molar refractivity (Wildman–Crippen MR) is 75.0 cm³/mol. The summed E-state index contributed by atoms with van der Waals surface area (Å²) < 4.78 is 39.9. The molecule has 3 nitrogen and oxygen atoms in total. The summed E-state index contributed by atoms with van der Waals surface area (Å²) in [5.41, 5.74) is 1.98. The summed E-state index contributed by atoms with van der Waals surface area (Å²) in [5.74, 6) is -0.298. The Balaban J connectivity index is 1.68. The number of halogens is 3. The highest BCUT2D eigenvalue weighted by atomic mass is 19.4. The molecule has 6 heteroatoms. The molecule has 2 atom stereocenters. The number of aromatic nitrogens is 2. The van der Waals surface area contributed by atoms with E-state index >= 15 is 0 Å². The zero-order chi connectivity index (χ0) is 15.0. The van der Waals surface area contributed by atoms with Gasteiger partial charge in [0.05, 0.1) is 17.0 Å². The molecule has 1 saturated heterocycles. The van der Waals surface area contributed by atoms with Crippen LogP contribution in [0.2, 0.25) is 0 Å². The lowest BCUT2D eigenvalue weighted by Crippen LogP contribution is -2.45. The summed E-state index contributed by atoms with van der Waals surface area (Å²) in [4.78, 5) is 4.57. The molecule has 1 N–H and O–H groups in total. The molecule has 1 aliphatic rings. The molecule has 0 saturated carbocycles. The minimum Gasteiger partial charge on any atom is -0.331 e. The lowest BCUT2D eigenvalue weighted by molar-refractivity contribution is -0.179. The summed E-state index contributed by atoms with van der Waals surface area (Å²) in [6, 6.07) is 7.91. The van der Waals surface area contributed by atoms with Crippen LogP contribution in [-0.4, -0.2) is 28.3 Å². The molecule has 0 amide bonds. The maximum absolute atomic E-state index is 12.6. The van der Waals surface area contributed by atoms with Gasteiger partial charge in [0.25, 0.3) is 0 Å². The highest BCUT2D eigenvalue weighted by Gasteiger charge is 2.41. The molecular formula is C15H18F3N3. The average Bonchev–Trinajstić information content (AvgIpc) is 2.76. The highest BCUT2D eigenvalue weighted by molar-refractivity contribution is 5.75. The molecular weight excluding hydrogens is 279 g/mol. The van der Waals surface area contributed by atoms with Crippen molar-refractivity contribution in [3.05, 3.63) is 30.1 Å². The summed E-state index contributed by atoms with van der Waals surface area (Å²) in [6.07, 6.45) is -2.69. The van der Waals surface area contributed by atoms with Crippen LogP contribution in [0.5, 0.6) is 0 Å². The number of nitrogens with one attached hydrogen (secondary N) is 1. The zero-order valence-electron chi connectivity index (χ0n) is 11.8. The maximum Gasteiger partial charge on any atom is 0.393 e. The molecule has 21 heavy (non-hydrogen) atoms. The van der Waals surface area contributed by atoms with Gasteiger partial charge in [0.15, 0.2) is 0 Å². The van der Waals surface area contributed by atoms with E-state index in [0.717, 1.165) is 16.9 Å². The van der Waals surface area contributed by atoms with Gasteiger partial charge in [-0.1, -0.05) is 12.1 Å². The number of hydrogen-bond donors (Lipinski definition) is 1. The standard InChI is InChI=1S/C15H18F3N3/c1-21-13-5-3-2-4-12(13)20-14(21)8-11-7-6-10(9-19-11)15(16,17)18/h2-5,10-11,19H,6-9H2,1H3. The second-order valence-corrected chi connectivity index (χ2v) is 5.70. The van der Waals surface area contributed by atoms with Crippen molar-refractivity contribution in [2.75, 3.05) is 6.54 Å². The number of benzene rings is 1. The SMILES string of the molecule is Cn1c(CC2CCC(C(F)(F)F)CN2)nc2ccccc21. The van der Waals surface area contributed by atoms with Crippen molar-refractivity contribution in [1.29, 1.82) is 0 Å². The van der Waals surface area contributed by atoms with Gasteiger partial charge in [0, 0.05) is 26.1 Å². The molecule has 1 aromatic heterocycles. The third-order valence-corrected chi connectivity index (χ3v) is 4.29. The Morgan fingerprint density at radius 3 is 2.67 bits per heavy atom. The molecule has 0 aliphatic carbocycles. The van der Waals surface area contributed by atoms with Crippen LogP contribution in [-0.2, 0) is 13.5 Å². The fourth-order valence-corrected chi connectivity index (χ4v) is 2.97. The number of fused-ring (bicyclic) bond motifs is 1. The second kappa shape index (κ2) is 5.33. The minimum atomic E-state index is -4.09. The normalized spacial score (nSPS) is 23.6. The monoisotopic (exact) mass is 297 g/mol. The van der Waals surface area contributed by atoms with Gasteiger partial charge in [-0.15, -0.1) is 0 Å². The Morgan fingerprint density at radius 2 is 2.05 bits per heavy atom. The Morgan fingerprint density at radius 1 is 1.29 bits per heavy atom. The quantitative estimate of drug-likeness (QED) is 0.923. The number of para-hydroxylation sites is 2. The zero-order valence-corrected chi connectivity index (χ0v) is 11.8. The fourth-order valence-electron chi connectivity index (χ4n) is 2.97. The van der Waals surface area contributed by atoms with Gasteiger partial charge in [-0.25, -0.2) is 4.98 Å². The molecule has 3 rings (SSSR count). The van der Waals surface area contributed by atoms with E-state index in [0.29, 0.717) is 12.8 Å². The number of hydrogen-bond acceptors (Lipinski definition) is 2. The molecule has 0 radical (unpaired) electrons. The Hall–Kier alpha value is -1.56. The van der Waals surface area contributed by atoms with E-state index in [-0.39, 0.29) is 19.0 Å². The smallest absolute Gasteiger partial charge is 0.331 e. The number of imidazole rings is 1. The first-order valence-electron chi connectivity index (χ1n) is 7.15. The van der Waals surface area contributed by atoms with E-state index in [2.05, 4.69) is 10.3 Å². The van der Waals surface area contributed by atoms with Gasteiger partial charge in [0.2, 0.25) is 0 Å². The van der Waals surface area contributed by atoms with Crippen LogP contribution in [0.4, 0.5) is 13.2 Å². The van der Waals surface area contributed by atoms with Crippen molar-refractivity contribution in [2.24, 2.45) is 13.0 Å². The third-order valence-electron chi connectivity index (χ3n) is 4.29. The number of aryl methyl sites for hydroxylation is 1. The number of alkyl halides is 3. The second-order valence-electron chi connectivity index (χ2n) is 5.70. The molecule has 0 bridgehead atoms. The highest BCUT2D eigenvalue weighted by Crippen LogP contribution is 2.32. The maximum atomic E-state index is 12.6. The van der Waals surface area contributed by atoms with Crippen molar-refractivity contribution >= 4 is 11.0 Å². The lowest BCUT2D eigenvalue weighted by atomic mass is 9.92. The molecule has 2 aromatic rings. The van der Waals surface area contributed by atoms with Crippen LogP contribution in [0, 0.1) is 5.92 Å². The van der Waals surface area contributed by atoms with Crippen molar-refractivity contribution in [3.8, 4) is 0 Å². The number of nitrogens with zero attached hydrogens (tertiary/aromatic N) is 2. The largest absolute Gasteiger partial charge is 0.393 e. The van der Waals surface area contributed by atoms with Crippen molar-refractivity contribution in [1.82, 2.24) is 14.9 Å². The lowest BCUT2D eigenvalue weighted by Gasteiger charge is -2.30. The van der Waals surface area contributed by atoms with E-state index in [9.17, 15) is 13.2 Å². The molecule has 114 valence electrons. The van der Waals surface area contributed by atoms with E-state index < -0.39 is 12.1 Å². The summed E-state index contributed by atoms with van der Waals surface area (Å²) in [5, 5.41) is 3.02. The minimum absolute atomic E-state index is 0.0120. The van der Waals surface area contributed by atoms with E-state index in [1.807, 2.05) is 35.9 Å². The topological polar surface area (TPSA) is 29.9 Å². The first-order chi connectivity index (χ1) is 9.95. The molecule has 0 spiro atoms. The molecule has 2 heterocycles. The number of piperidine rings is 1. The van der Waals surface area contributed by atoms with E-state index in [1.54, 1.807) is 0 Å². The number of rotatable bonds is 2. The van der Waals surface area contributed by atoms with Crippen molar-refractivity contribution in [2.45, 2.75) is 31.5 Å². The van der Waals surface area contributed by atoms with E-state index in [1.165, 1.54) is 0 Å². The Kier molecular flexibility index (Phi) is 3.65. The molecule has 1 fully saturated rings. The summed E-state index contributed by atoms with van der Waals surface area (Å²) >= 11 is 0.